The molecule has 0 saturated carbocycles. The van der Waals surface area contributed by atoms with E-state index in [0.717, 1.165) is 16.2 Å². The lowest BCUT2D eigenvalue weighted by molar-refractivity contribution is 0.108. The van der Waals surface area contributed by atoms with Gasteiger partial charge in [0.15, 0.2) is 0 Å². The maximum absolute atomic E-state index is 11.3. The second-order valence-corrected chi connectivity index (χ2v) is 7.80. The summed E-state index contributed by atoms with van der Waals surface area (Å²) in [7, 11) is 1.40. The van der Waals surface area contributed by atoms with E-state index in [-0.39, 0.29) is 9.77 Å². The van der Waals surface area contributed by atoms with Gasteiger partial charge in [-0.25, -0.2) is 8.42 Å². The summed E-state index contributed by atoms with van der Waals surface area (Å²) < 4.78 is 22.7. The van der Waals surface area contributed by atoms with Crippen LogP contribution in [0.3, 0.4) is 0 Å². The van der Waals surface area contributed by atoms with Crippen molar-refractivity contribution in [1.82, 2.24) is 0 Å². The Morgan fingerprint density at radius 1 is 1.33 bits per heavy atom. The molecule has 1 aliphatic heterocycles. The molecular formula is C7H4Cl2O3S3. The van der Waals surface area contributed by atoms with Crippen LogP contribution in [0.2, 0.25) is 0 Å². The first-order valence-electron chi connectivity index (χ1n) is 3.78. The third-order valence-corrected chi connectivity index (χ3v) is 6.17. The number of carbonyl (C=O) groups is 1. The lowest BCUT2D eigenvalue weighted by atomic mass is 10.3. The molecule has 0 radical (unpaired) electrons. The van der Waals surface area contributed by atoms with Crippen molar-refractivity contribution < 1.29 is 13.2 Å². The molecule has 0 spiro atoms. The second kappa shape index (κ2) is 3.92. The fourth-order valence-corrected chi connectivity index (χ4v) is 6.12. The number of fused-ring (bicyclic) bond motifs is 1. The van der Waals surface area contributed by atoms with E-state index in [1.807, 2.05) is 0 Å². The largest absolute Gasteiger partial charge is 0.275 e. The van der Waals surface area contributed by atoms with Gasteiger partial charge in [-0.2, -0.15) is 11.8 Å². The zero-order valence-electron chi connectivity index (χ0n) is 7.12. The van der Waals surface area contributed by atoms with Crippen LogP contribution in [0.25, 0.3) is 0 Å². The zero-order valence-corrected chi connectivity index (χ0v) is 11.1. The number of rotatable bonds is 2. The first-order chi connectivity index (χ1) is 6.91. The van der Waals surface area contributed by atoms with Crippen molar-refractivity contribution >= 4 is 59.7 Å². The van der Waals surface area contributed by atoms with E-state index >= 15 is 0 Å². The summed E-state index contributed by atoms with van der Waals surface area (Å²) in [4.78, 5) is 11.9. The summed E-state index contributed by atoms with van der Waals surface area (Å²) in [5, 5.41) is -0.765. The quantitative estimate of drug-likeness (QED) is 0.788. The third-order valence-electron chi connectivity index (χ3n) is 1.94. The lowest BCUT2D eigenvalue weighted by Crippen LogP contribution is -1.99. The van der Waals surface area contributed by atoms with Crippen LogP contribution in [-0.2, 0) is 20.6 Å². The average molecular weight is 303 g/mol. The molecule has 2 heterocycles. The molecule has 0 saturated heterocycles. The second-order valence-electron chi connectivity index (χ2n) is 2.87. The predicted molar refractivity (Wildman–Crippen MR) is 62.5 cm³/mol. The van der Waals surface area contributed by atoms with Crippen molar-refractivity contribution in [3.63, 3.8) is 0 Å². The van der Waals surface area contributed by atoms with Crippen molar-refractivity contribution in [3.8, 4) is 0 Å². The molecule has 15 heavy (non-hydrogen) atoms. The fraction of sp³-hybridized carbons (Fsp3) is 0.286. The van der Waals surface area contributed by atoms with Gasteiger partial charge in [-0.05, 0) is 17.2 Å². The van der Waals surface area contributed by atoms with E-state index in [9.17, 15) is 13.2 Å². The van der Waals surface area contributed by atoms with Crippen LogP contribution < -0.4 is 0 Å². The van der Waals surface area contributed by atoms with Crippen LogP contribution in [0.5, 0.6) is 0 Å². The minimum atomic E-state index is -3.90. The highest BCUT2D eigenvalue weighted by Gasteiger charge is 2.31. The van der Waals surface area contributed by atoms with E-state index in [1.165, 1.54) is 0 Å². The van der Waals surface area contributed by atoms with Crippen molar-refractivity contribution in [1.29, 1.82) is 0 Å². The molecule has 2 rings (SSSR count). The van der Waals surface area contributed by atoms with Gasteiger partial charge in [0.1, 0.15) is 9.77 Å². The SMILES string of the molecule is O=C(Cl)c1sc2c(c1S(=O)(=O)Cl)CSC2. The van der Waals surface area contributed by atoms with Gasteiger partial charge in [0.05, 0.1) is 0 Å². The van der Waals surface area contributed by atoms with Crippen LogP contribution in [0, 0.1) is 0 Å². The Morgan fingerprint density at radius 3 is 2.53 bits per heavy atom. The Morgan fingerprint density at radius 2 is 2.00 bits per heavy atom. The molecule has 0 aromatic carbocycles. The summed E-state index contributed by atoms with van der Waals surface area (Å²) in [6.07, 6.45) is 0. The molecule has 1 aliphatic rings. The van der Waals surface area contributed by atoms with Crippen LogP contribution >= 0.6 is 45.4 Å². The number of carbonyl (C=O) groups excluding carboxylic acids is 1. The molecule has 1 aromatic rings. The first-order valence-corrected chi connectivity index (χ1v) is 8.44. The third kappa shape index (κ3) is 2.06. The highest BCUT2D eigenvalue weighted by atomic mass is 35.7. The van der Waals surface area contributed by atoms with Crippen LogP contribution in [-0.4, -0.2) is 13.7 Å². The van der Waals surface area contributed by atoms with Gasteiger partial charge in [-0.15, -0.1) is 11.3 Å². The Kier molecular flexibility index (Phi) is 3.07. The van der Waals surface area contributed by atoms with Crippen molar-refractivity contribution in [3.05, 3.63) is 15.3 Å². The molecule has 82 valence electrons. The maximum Gasteiger partial charge on any atom is 0.263 e. The summed E-state index contributed by atoms with van der Waals surface area (Å²) in [5.74, 6) is 1.28. The molecular weight excluding hydrogens is 299 g/mol. The Hall–Kier alpha value is 0.250. The molecule has 0 atom stereocenters. The summed E-state index contributed by atoms with van der Waals surface area (Å²) in [5.41, 5.74) is 0.643. The lowest BCUT2D eigenvalue weighted by Gasteiger charge is -1.97. The standard InChI is InChI=1S/C7H4Cl2O3S3/c8-7(10)5-6(15(9,11)12)3-1-13-2-4(3)14-5/h1-2H2. The summed E-state index contributed by atoms with van der Waals surface area (Å²) >= 11 is 8.03. The highest BCUT2D eigenvalue weighted by Crippen LogP contribution is 2.43. The van der Waals surface area contributed by atoms with Gasteiger partial charge < -0.3 is 0 Å². The number of hydrogen-bond donors (Lipinski definition) is 0. The molecule has 0 fully saturated rings. The number of thiophene rings is 1. The van der Waals surface area contributed by atoms with E-state index < -0.39 is 14.3 Å². The molecule has 0 amide bonds. The number of halogens is 2. The monoisotopic (exact) mass is 302 g/mol. The van der Waals surface area contributed by atoms with Crippen LogP contribution in [0.1, 0.15) is 20.1 Å². The van der Waals surface area contributed by atoms with Crippen molar-refractivity contribution in [2.45, 2.75) is 16.4 Å². The normalized spacial score (nSPS) is 15.3. The van der Waals surface area contributed by atoms with Gasteiger partial charge >= 0.3 is 0 Å². The molecule has 0 bridgehead atoms. The van der Waals surface area contributed by atoms with E-state index in [0.29, 0.717) is 17.1 Å². The van der Waals surface area contributed by atoms with E-state index in [1.54, 1.807) is 11.8 Å². The smallest absolute Gasteiger partial charge is 0.263 e. The van der Waals surface area contributed by atoms with Crippen molar-refractivity contribution in [2.24, 2.45) is 0 Å². The minimum Gasteiger partial charge on any atom is -0.275 e. The highest BCUT2D eigenvalue weighted by molar-refractivity contribution is 8.14. The molecule has 0 N–H and O–H groups in total. The van der Waals surface area contributed by atoms with E-state index in [4.69, 9.17) is 22.3 Å². The van der Waals surface area contributed by atoms with Gasteiger partial charge in [0.25, 0.3) is 14.3 Å². The number of hydrogen-bond acceptors (Lipinski definition) is 5. The fourth-order valence-electron chi connectivity index (χ4n) is 1.39. The van der Waals surface area contributed by atoms with Crippen LogP contribution in [0.15, 0.2) is 4.90 Å². The Balaban J connectivity index is 2.74. The average Bonchev–Trinajstić information content (AvgIpc) is 2.56. The first kappa shape index (κ1) is 11.7. The Labute approximate surface area is 104 Å². The van der Waals surface area contributed by atoms with Gasteiger partial charge in [0.2, 0.25) is 0 Å². The maximum atomic E-state index is 11.3. The molecule has 0 unspecified atom stereocenters. The van der Waals surface area contributed by atoms with E-state index in [2.05, 4.69) is 0 Å². The molecule has 3 nitrogen and oxygen atoms in total. The number of thioether (sulfide) groups is 1. The predicted octanol–water partition coefficient (Wildman–Crippen LogP) is 2.80. The van der Waals surface area contributed by atoms with Gasteiger partial charge in [-0.1, -0.05) is 0 Å². The molecule has 1 aromatic heterocycles. The van der Waals surface area contributed by atoms with Gasteiger partial charge in [0, 0.05) is 27.1 Å². The minimum absolute atomic E-state index is 0.0389. The van der Waals surface area contributed by atoms with Gasteiger partial charge in [-0.3, -0.25) is 4.79 Å². The topological polar surface area (TPSA) is 51.2 Å². The van der Waals surface area contributed by atoms with Crippen LogP contribution in [0.4, 0.5) is 0 Å². The summed E-state index contributed by atoms with van der Waals surface area (Å²) in [6.45, 7) is 0. The van der Waals surface area contributed by atoms with Crippen molar-refractivity contribution in [2.75, 3.05) is 0 Å². The molecule has 0 aliphatic carbocycles. The Bertz CT molecular complexity index is 532. The molecule has 8 heteroatoms. The summed E-state index contributed by atoms with van der Waals surface area (Å²) in [6, 6.07) is 0. The zero-order chi connectivity index (χ0) is 11.2.